The first-order valence-electron chi connectivity index (χ1n) is 9.74. The van der Waals surface area contributed by atoms with Crippen LogP contribution in [0, 0.1) is 0 Å². The lowest BCUT2D eigenvalue weighted by Gasteiger charge is -2.04. The van der Waals surface area contributed by atoms with E-state index < -0.39 is 11.9 Å². The minimum absolute atomic E-state index is 0.0187. The molecule has 0 aromatic rings. The Balaban J connectivity index is 3.29. The molecule has 0 spiro atoms. The third-order valence-electron chi connectivity index (χ3n) is 4.23. The van der Waals surface area contributed by atoms with Crippen molar-refractivity contribution in [2.45, 2.75) is 96.8 Å². The van der Waals surface area contributed by atoms with Crippen molar-refractivity contribution in [1.82, 2.24) is 0 Å². The lowest BCUT2D eigenvalue weighted by Crippen LogP contribution is -2.18. The molecule has 24 heavy (non-hydrogen) atoms. The number of carbonyl (C=O) groups excluding carboxylic acids is 2. The second kappa shape index (κ2) is 16.7. The second-order valence-corrected chi connectivity index (χ2v) is 6.56. The van der Waals surface area contributed by atoms with Crippen molar-refractivity contribution in [2.24, 2.45) is 5.73 Å². The zero-order valence-corrected chi connectivity index (χ0v) is 15.6. The van der Waals surface area contributed by atoms with Crippen molar-refractivity contribution in [1.29, 1.82) is 0 Å². The van der Waals surface area contributed by atoms with Crippen LogP contribution in [0.5, 0.6) is 0 Å². The minimum atomic E-state index is -0.697. The Hall–Kier alpha value is -1.16. The third-order valence-corrected chi connectivity index (χ3v) is 4.23. The average molecular weight is 340 g/mol. The number of unbranched alkanes of at least 4 members (excludes halogenated alkanes) is 12. The van der Waals surface area contributed by atoms with Crippen molar-refractivity contribution >= 4 is 11.9 Å². The van der Waals surface area contributed by atoms with E-state index in [-0.39, 0.29) is 12.1 Å². The molecule has 0 atom stereocenters. The van der Waals surface area contributed by atoms with Crippen LogP contribution >= 0.6 is 0 Å². The molecule has 2 N–H and O–H groups in total. The number of nitrogens with two attached hydrogens (primary N) is 1. The van der Waals surface area contributed by atoms with Gasteiger partial charge in [-0.1, -0.05) is 90.6 Å². The van der Waals surface area contributed by atoms with E-state index in [4.69, 9.17) is 5.73 Å². The lowest BCUT2D eigenvalue weighted by atomic mass is 10.0. The molecule has 0 heterocycles. The van der Waals surface area contributed by atoms with Gasteiger partial charge in [-0.3, -0.25) is 4.79 Å². The van der Waals surface area contributed by atoms with Gasteiger partial charge in [0.25, 0.3) is 0 Å². The van der Waals surface area contributed by atoms with Gasteiger partial charge >= 0.3 is 11.9 Å². The highest BCUT2D eigenvalue weighted by molar-refractivity contribution is 5.95. The predicted molar refractivity (Wildman–Crippen MR) is 99.6 cm³/mol. The summed E-state index contributed by atoms with van der Waals surface area (Å²) < 4.78 is 4.65. The Morgan fingerprint density at radius 2 is 1.21 bits per heavy atom. The van der Waals surface area contributed by atoms with Gasteiger partial charge in [0.2, 0.25) is 0 Å². The largest absolute Gasteiger partial charge is 0.390 e. The quantitative estimate of drug-likeness (QED) is 0.185. The lowest BCUT2D eigenvalue weighted by molar-refractivity contribution is -0.156. The molecule has 0 saturated heterocycles. The van der Waals surface area contributed by atoms with Gasteiger partial charge in [-0.25, -0.2) is 4.79 Å². The topological polar surface area (TPSA) is 69.4 Å². The minimum Gasteiger partial charge on any atom is -0.390 e. The van der Waals surface area contributed by atoms with Crippen LogP contribution in [0.4, 0.5) is 0 Å². The first-order chi connectivity index (χ1) is 11.6. The van der Waals surface area contributed by atoms with Crippen LogP contribution in [-0.4, -0.2) is 18.5 Å². The second-order valence-electron chi connectivity index (χ2n) is 6.56. The van der Waals surface area contributed by atoms with Crippen molar-refractivity contribution < 1.29 is 14.3 Å². The molecule has 0 aliphatic heterocycles. The highest BCUT2D eigenvalue weighted by Gasteiger charge is 2.12. The van der Waals surface area contributed by atoms with Crippen LogP contribution < -0.4 is 5.73 Å². The molecule has 0 aromatic carbocycles. The summed E-state index contributed by atoms with van der Waals surface area (Å²) in [6.07, 6.45) is 16.7. The average Bonchev–Trinajstić information content (AvgIpc) is 2.58. The van der Waals surface area contributed by atoms with Crippen molar-refractivity contribution in [3.05, 3.63) is 12.2 Å². The molecule has 0 saturated carbocycles. The maximum absolute atomic E-state index is 11.5. The zero-order valence-electron chi connectivity index (χ0n) is 15.6. The SMILES string of the molecule is C=C(CN)C(=O)OC(=O)CCCCCCCCCCCCCCC. The predicted octanol–water partition coefficient (Wildman–Crippen LogP) is 5.05. The van der Waals surface area contributed by atoms with Crippen LogP contribution in [-0.2, 0) is 14.3 Å². The maximum atomic E-state index is 11.5. The normalized spacial score (nSPS) is 10.6. The first-order valence-corrected chi connectivity index (χ1v) is 9.74. The van der Waals surface area contributed by atoms with Crippen LogP contribution in [0.1, 0.15) is 96.8 Å². The van der Waals surface area contributed by atoms with Crippen LogP contribution in [0.25, 0.3) is 0 Å². The summed E-state index contributed by atoms with van der Waals surface area (Å²) in [5, 5.41) is 0. The molecule has 0 rings (SSSR count). The number of esters is 2. The highest BCUT2D eigenvalue weighted by atomic mass is 16.6. The van der Waals surface area contributed by atoms with E-state index in [9.17, 15) is 9.59 Å². The Bertz CT molecular complexity index is 353. The van der Waals surface area contributed by atoms with Gasteiger partial charge in [0.05, 0.1) is 0 Å². The smallest absolute Gasteiger partial charge is 0.342 e. The monoisotopic (exact) mass is 339 g/mol. The Labute approximate surface area is 148 Å². The molecular formula is C20H37NO3. The molecule has 0 aliphatic carbocycles. The number of carbonyl (C=O) groups is 2. The third kappa shape index (κ3) is 14.4. The molecule has 0 radical (unpaired) electrons. The molecule has 140 valence electrons. The Morgan fingerprint density at radius 3 is 1.62 bits per heavy atom. The standard InChI is InChI=1S/C20H37NO3/c1-3-4-5-6-7-8-9-10-11-12-13-14-15-16-19(22)24-20(23)18(2)17-21/h2-17,21H2,1H3. The Morgan fingerprint density at radius 1 is 0.792 bits per heavy atom. The van der Waals surface area contributed by atoms with Crippen LogP contribution in [0.2, 0.25) is 0 Å². The first kappa shape index (κ1) is 22.8. The highest BCUT2D eigenvalue weighted by Crippen LogP contribution is 2.13. The summed E-state index contributed by atoms with van der Waals surface area (Å²) in [7, 11) is 0. The molecule has 0 aromatic heterocycles. The van der Waals surface area contributed by atoms with E-state index in [1.54, 1.807) is 0 Å². The van der Waals surface area contributed by atoms with Gasteiger partial charge < -0.3 is 10.5 Å². The van der Waals surface area contributed by atoms with E-state index in [0.29, 0.717) is 6.42 Å². The summed E-state index contributed by atoms with van der Waals surface area (Å²) in [5.74, 6) is -1.17. The summed E-state index contributed by atoms with van der Waals surface area (Å²) >= 11 is 0. The van der Waals surface area contributed by atoms with E-state index in [1.165, 1.54) is 64.2 Å². The molecule has 0 amide bonds. The fourth-order valence-corrected chi connectivity index (χ4v) is 2.60. The van der Waals surface area contributed by atoms with E-state index in [2.05, 4.69) is 18.2 Å². The molecule has 0 aliphatic rings. The molecular weight excluding hydrogens is 302 g/mol. The zero-order chi connectivity index (χ0) is 18.0. The van der Waals surface area contributed by atoms with Crippen molar-refractivity contribution in [3.8, 4) is 0 Å². The number of rotatable bonds is 16. The van der Waals surface area contributed by atoms with Gasteiger partial charge in [0.15, 0.2) is 0 Å². The summed E-state index contributed by atoms with van der Waals surface area (Å²) in [6.45, 7) is 5.71. The van der Waals surface area contributed by atoms with Gasteiger partial charge in [-0.15, -0.1) is 0 Å². The fourth-order valence-electron chi connectivity index (χ4n) is 2.60. The fraction of sp³-hybridized carbons (Fsp3) is 0.800. The van der Waals surface area contributed by atoms with E-state index in [1.807, 2.05) is 0 Å². The van der Waals surface area contributed by atoms with Gasteiger partial charge in [-0.2, -0.15) is 0 Å². The molecule has 0 fully saturated rings. The summed E-state index contributed by atoms with van der Waals surface area (Å²) in [5.41, 5.74) is 5.40. The van der Waals surface area contributed by atoms with Crippen molar-refractivity contribution in [3.63, 3.8) is 0 Å². The number of hydrogen-bond acceptors (Lipinski definition) is 4. The van der Waals surface area contributed by atoms with Gasteiger partial charge in [-0.05, 0) is 6.42 Å². The molecule has 4 nitrogen and oxygen atoms in total. The number of hydrogen-bond donors (Lipinski definition) is 1. The molecule has 0 bridgehead atoms. The van der Waals surface area contributed by atoms with Crippen LogP contribution in [0.15, 0.2) is 12.2 Å². The van der Waals surface area contributed by atoms with Gasteiger partial charge in [0, 0.05) is 18.5 Å². The molecule has 4 heteroatoms. The Kier molecular flexibility index (Phi) is 15.9. The van der Waals surface area contributed by atoms with E-state index >= 15 is 0 Å². The number of ether oxygens (including phenoxy) is 1. The van der Waals surface area contributed by atoms with Gasteiger partial charge in [0.1, 0.15) is 0 Å². The van der Waals surface area contributed by atoms with Crippen molar-refractivity contribution in [2.75, 3.05) is 6.54 Å². The van der Waals surface area contributed by atoms with E-state index in [0.717, 1.165) is 19.3 Å². The maximum Gasteiger partial charge on any atom is 0.342 e. The van der Waals surface area contributed by atoms with Crippen LogP contribution in [0.3, 0.4) is 0 Å². The molecule has 0 unspecified atom stereocenters. The summed E-state index contributed by atoms with van der Waals surface area (Å²) in [4.78, 5) is 22.7. The summed E-state index contributed by atoms with van der Waals surface area (Å²) in [6, 6.07) is 0.